The summed E-state index contributed by atoms with van der Waals surface area (Å²) in [7, 11) is 0. The van der Waals surface area contributed by atoms with Gasteiger partial charge in [0.05, 0.1) is 5.69 Å². The minimum Gasteiger partial charge on any atom is -0.311 e. The van der Waals surface area contributed by atoms with Crippen LogP contribution in [0.3, 0.4) is 0 Å². The van der Waals surface area contributed by atoms with E-state index in [1.165, 1.54) is 19.3 Å². The van der Waals surface area contributed by atoms with Gasteiger partial charge in [-0.3, -0.25) is 0 Å². The highest BCUT2D eigenvalue weighted by Crippen LogP contribution is 2.16. The van der Waals surface area contributed by atoms with E-state index in [0.29, 0.717) is 0 Å². The fourth-order valence-corrected chi connectivity index (χ4v) is 2.05. The van der Waals surface area contributed by atoms with Gasteiger partial charge in [-0.05, 0) is 44.7 Å². The van der Waals surface area contributed by atoms with Crippen LogP contribution in [-0.2, 0) is 6.54 Å². The molecule has 86 valence electrons. The van der Waals surface area contributed by atoms with E-state index in [2.05, 4.69) is 27.4 Å². The van der Waals surface area contributed by atoms with Crippen molar-refractivity contribution in [1.82, 2.24) is 15.3 Å². The molecule has 1 unspecified atom stereocenters. The van der Waals surface area contributed by atoms with Crippen molar-refractivity contribution in [2.45, 2.75) is 32.7 Å². The number of aryl methyl sites for hydroxylation is 1. The van der Waals surface area contributed by atoms with E-state index in [0.717, 1.165) is 30.5 Å². The Hall–Kier alpha value is -1.22. The first kappa shape index (κ1) is 11.3. The van der Waals surface area contributed by atoms with Gasteiger partial charge in [0.2, 0.25) is 0 Å². The van der Waals surface area contributed by atoms with Gasteiger partial charge < -0.3 is 5.32 Å². The van der Waals surface area contributed by atoms with Crippen molar-refractivity contribution >= 4 is 0 Å². The highest BCUT2D eigenvalue weighted by molar-refractivity contribution is 5.01. The first-order chi connectivity index (χ1) is 7.84. The predicted octanol–water partition coefficient (Wildman–Crippen LogP) is 2.23. The summed E-state index contributed by atoms with van der Waals surface area (Å²) in [5.41, 5.74) is 1.08. The van der Waals surface area contributed by atoms with Gasteiger partial charge in [-0.25, -0.2) is 9.97 Å². The van der Waals surface area contributed by atoms with Crippen LogP contribution in [0.25, 0.3) is 0 Å². The van der Waals surface area contributed by atoms with E-state index in [-0.39, 0.29) is 0 Å². The molecule has 0 saturated carbocycles. The standard InChI is InChI=1S/C13H19N3/c1-11-15-8-7-13(16-11)10-14-9-12-5-3-2-4-6-12/h2-3,7-8,12,14H,4-6,9-10H2,1H3. The number of rotatable bonds is 4. The first-order valence-corrected chi connectivity index (χ1v) is 5.99. The lowest BCUT2D eigenvalue weighted by atomic mass is 9.94. The summed E-state index contributed by atoms with van der Waals surface area (Å²) >= 11 is 0. The maximum absolute atomic E-state index is 4.37. The fourth-order valence-electron chi connectivity index (χ4n) is 2.05. The van der Waals surface area contributed by atoms with Gasteiger partial charge in [-0.2, -0.15) is 0 Å². The zero-order valence-electron chi connectivity index (χ0n) is 9.82. The summed E-state index contributed by atoms with van der Waals surface area (Å²) in [5, 5.41) is 3.47. The van der Waals surface area contributed by atoms with Crippen LogP contribution in [0.4, 0.5) is 0 Å². The molecule has 0 aliphatic heterocycles. The molecule has 0 aromatic carbocycles. The second kappa shape index (κ2) is 5.75. The van der Waals surface area contributed by atoms with E-state index in [1.807, 2.05) is 19.2 Å². The lowest BCUT2D eigenvalue weighted by Gasteiger charge is -2.17. The summed E-state index contributed by atoms with van der Waals surface area (Å²) in [6.45, 7) is 3.87. The molecule has 1 aromatic heterocycles. The number of nitrogens with one attached hydrogen (secondary N) is 1. The number of aromatic nitrogens is 2. The SMILES string of the molecule is Cc1nccc(CNCC2CC=CCC2)n1. The summed E-state index contributed by atoms with van der Waals surface area (Å²) in [6.07, 6.45) is 10.2. The molecule has 1 heterocycles. The summed E-state index contributed by atoms with van der Waals surface area (Å²) in [5.74, 6) is 1.65. The minimum absolute atomic E-state index is 0.799. The normalized spacial score (nSPS) is 19.9. The third-order valence-electron chi connectivity index (χ3n) is 2.95. The van der Waals surface area contributed by atoms with Crippen molar-refractivity contribution in [3.63, 3.8) is 0 Å². The van der Waals surface area contributed by atoms with Gasteiger partial charge in [0.15, 0.2) is 0 Å². The molecule has 3 nitrogen and oxygen atoms in total. The molecule has 1 aliphatic carbocycles. The van der Waals surface area contributed by atoms with Crippen molar-refractivity contribution in [3.05, 3.63) is 35.9 Å². The molecule has 0 bridgehead atoms. The van der Waals surface area contributed by atoms with Crippen LogP contribution in [0.1, 0.15) is 30.8 Å². The summed E-state index contributed by atoms with van der Waals surface area (Å²) < 4.78 is 0. The van der Waals surface area contributed by atoms with Crippen LogP contribution in [0.15, 0.2) is 24.4 Å². The molecule has 0 amide bonds. The number of hydrogen-bond donors (Lipinski definition) is 1. The van der Waals surface area contributed by atoms with Gasteiger partial charge in [-0.15, -0.1) is 0 Å². The van der Waals surface area contributed by atoms with Crippen LogP contribution in [0.5, 0.6) is 0 Å². The van der Waals surface area contributed by atoms with E-state index < -0.39 is 0 Å². The molecule has 16 heavy (non-hydrogen) atoms. The van der Waals surface area contributed by atoms with Gasteiger partial charge in [0, 0.05) is 12.7 Å². The molecule has 1 aromatic rings. The predicted molar refractivity (Wildman–Crippen MR) is 65.0 cm³/mol. The second-order valence-electron chi connectivity index (χ2n) is 4.38. The Morgan fingerprint density at radius 3 is 3.12 bits per heavy atom. The number of allylic oxidation sites excluding steroid dienone is 2. The summed E-state index contributed by atoms with van der Waals surface area (Å²) in [4.78, 5) is 8.46. The molecule has 1 N–H and O–H groups in total. The smallest absolute Gasteiger partial charge is 0.125 e. The maximum Gasteiger partial charge on any atom is 0.125 e. The van der Waals surface area contributed by atoms with Crippen LogP contribution in [0, 0.1) is 12.8 Å². The van der Waals surface area contributed by atoms with Crippen LogP contribution in [-0.4, -0.2) is 16.5 Å². The number of hydrogen-bond acceptors (Lipinski definition) is 3. The minimum atomic E-state index is 0.799. The van der Waals surface area contributed by atoms with E-state index in [4.69, 9.17) is 0 Å². The van der Waals surface area contributed by atoms with Crippen molar-refractivity contribution < 1.29 is 0 Å². The van der Waals surface area contributed by atoms with E-state index >= 15 is 0 Å². The molecule has 0 radical (unpaired) electrons. The largest absolute Gasteiger partial charge is 0.311 e. The number of nitrogens with zero attached hydrogens (tertiary/aromatic N) is 2. The lowest BCUT2D eigenvalue weighted by molar-refractivity contribution is 0.439. The Bertz CT molecular complexity index is 360. The van der Waals surface area contributed by atoms with Crippen molar-refractivity contribution in [2.24, 2.45) is 5.92 Å². The molecule has 0 saturated heterocycles. The quantitative estimate of drug-likeness (QED) is 0.786. The molecule has 0 fully saturated rings. The molecular formula is C13H19N3. The molecule has 1 atom stereocenters. The third-order valence-corrected chi connectivity index (χ3v) is 2.95. The average Bonchev–Trinajstić information content (AvgIpc) is 2.30. The van der Waals surface area contributed by atoms with E-state index in [9.17, 15) is 0 Å². The van der Waals surface area contributed by atoms with Crippen LogP contribution >= 0.6 is 0 Å². The monoisotopic (exact) mass is 217 g/mol. The van der Waals surface area contributed by atoms with Gasteiger partial charge >= 0.3 is 0 Å². The van der Waals surface area contributed by atoms with E-state index in [1.54, 1.807) is 0 Å². The highest BCUT2D eigenvalue weighted by Gasteiger charge is 2.08. The fraction of sp³-hybridized carbons (Fsp3) is 0.538. The maximum atomic E-state index is 4.37. The highest BCUT2D eigenvalue weighted by atomic mass is 14.9. The Labute approximate surface area is 97.0 Å². The third kappa shape index (κ3) is 3.42. The van der Waals surface area contributed by atoms with Crippen LogP contribution < -0.4 is 5.32 Å². The van der Waals surface area contributed by atoms with Gasteiger partial charge in [-0.1, -0.05) is 12.2 Å². The Kier molecular flexibility index (Phi) is 4.05. The van der Waals surface area contributed by atoms with Crippen molar-refractivity contribution in [3.8, 4) is 0 Å². The molecule has 1 aliphatic rings. The summed E-state index contributed by atoms with van der Waals surface area (Å²) in [6, 6.07) is 1.97. The molecular weight excluding hydrogens is 198 g/mol. The van der Waals surface area contributed by atoms with Crippen molar-refractivity contribution in [2.75, 3.05) is 6.54 Å². The topological polar surface area (TPSA) is 37.8 Å². The first-order valence-electron chi connectivity index (χ1n) is 5.99. The Balaban J connectivity index is 1.73. The molecule has 3 heteroatoms. The molecule has 0 spiro atoms. The average molecular weight is 217 g/mol. The Morgan fingerprint density at radius 1 is 1.44 bits per heavy atom. The zero-order chi connectivity index (χ0) is 11.2. The van der Waals surface area contributed by atoms with Gasteiger partial charge in [0.1, 0.15) is 5.82 Å². The second-order valence-corrected chi connectivity index (χ2v) is 4.38. The van der Waals surface area contributed by atoms with Crippen LogP contribution in [0.2, 0.25) is 0 Å². The van der Waals surface area contributed by atoms with Gasteiger partial charge in [0.25, 0.3) is 0 Å². The lowest BCUT2D eigenvalue weighted by Crippen LogP contribution is -2.23. The Morgan fingerprint density at radius 2 is 2.38 bits per heavy atom. The van der Waals surface area contributed by atoms with Crippen molar-refractivity contribution in [1.29, 1.82) is 0 Å². The zero-order valence-corrected chi connectivity index (χ0v) is 9.82. The molecule has 2 rings (SSSR count).